The molecule has 10 heteroatoms. The van der Waals surface area contributed by atoms with Crippen molar-refractivity contribution >= 4 is 60.9 Å². The Morgan fingerprint density at radius 1 is 0.861 bits per heavy atom. The molecular formula is C62H73N9S. The van der Waals surface area contributed by atoms with Crippen molar-refractivity contribution in [2.75, 3.05) is 47.8 Å². The fourth-order valence-corrected chi connectivity index (χ4v) is 12.6. The van der Waals surface area contributed by atoms with Crippen LogP contribution in [0.15, 0.2) is 129 Å². The molecule has 2 atom stereocenters. The van der Waals surface area contributed by atoms with Crippen LogP contribution < -0.4 is 20.4 Å². The summed E-state index contributed by atoms with van der Waals surface area (Å²) in [6.07, 6.45) is 14.2. The summed E-state index contributed by atoms with van der Waals surface area (Å²) in [7, 11) is 2.05. The SMILES string of the molecule is C=C1CCC(c2nn(C)c3cc(N4CCN(C(C)CC)CC4)ccc23)C(=C)N1.C=Cc1nc(N2CCc3cccc(C(=C)Nc4nc5ccccc5s4)c3C2)ccc1-c1cccc(CC2CCCCC2)c1C. The average molecular weight is 976 g/mol. The first-order valence-corrected chi connectivity index (χ1v) is 27.4. The third-order valence-corrected chi connectivity index (χ3v) is 17.1. The normalized spacial score (nSPS) is 18.1. The smallest absolute Gasteiger partial charge is 0.188 e. The topological polar surface area (TPSA) is 77.4 Å². The number of piperazine rings is 1. The fraction of sp³-hybridized carbons (Fsp3) is 0.371. The number of piperidine rings is 1. The lowest BCUT2D eigenvalue weighted by Crippen LogP contribution is -2.49. The number of para-hydroxylation sites is 1. The number of allylic oxidation sites excluding steroid dienone is 2. The second-order valence-corrected chi connectivity index (χ2v) is 21.7. The van der Waals surface area contributed by atoms with Crippen LogP contribution in [0.5, 0.6) is 0 Å². The van der Waals surface area contributed by atoms with Gasteiger partial charge in [0.15, 0.2) is 5.13 Å². The third-order valence-electron chi connectivity index (χ3n) is 16.1. The molecule has 0 spiro atoms. The molecule has 1 saturated carbocycles. The van der Waals surface area contributed by atoms with E-state index >= 15 is 0 Å². The van der Waals surface area contributed by atoms with E-state index in [1.807, 2.05) is 22.9 Å². The summed E-state index contributed by atoms with van der Waals surface area (Å²) < 4.78 is 3.20. The van der Waals surface area contributed by atoms with Crippen molar-refractivity contribution in [2.24, 2.45) is 13.0 Å². The van der Waals surface area contributed by atoms with Crippen molar-refractivity contribution < 1.29 is 0 Å². The number of fused-ring (bicyclic) bond motifs is 3. The van der Waals surface area contributed by atoms with Gasteiger partial charge in [0.05, 0.1) is 27.1 Å². The maximum atomic E-state index is 5.18. The number of nitrogens with zero attached hydrogens (tertiary/aromatic N) is 7. The number of nitrogens with one attached hydrogen (secondary N) is 2. The molecule has 72 heavy (non-hydrogen) atoms. The first kappa shape index (κ1) is 49.1. The lowest BCUT2D eigenvalue weighted by atomic mass is 9.83. The van der Waals surface area contributed by atoms with Gasteiger partial charge in [0.25, 0.3) is 0 Å². The molecule has 0 radical (unpaired) electrons. The van der Waals surface area contributed by atoms with Crippen LogP contribution in [0.4, 0.5) is 16.6 Å². The highest BCUT2D eigenvalue weighted by molar-refractivity contribution is 7.22. The maximum Gasteiger partial charge on any atom is 0.188 e. The highest BCUT2D eigenvalue weighted by Crippen LogP contribution is 2.39. The second-order valence-electron chi connectivity index (χ2n) is 20.6. The molecule has 7 aromatic rings. The van der Waals surface area contributed by atoms with Crippen LogP contribution in [-0.4, -0.2) is 63.4 Å². The molecule has 2 unspecified atom stereocenters. The highest BCUT2D eigenvalue weighted by Gasteiger charge is 2.28. The van der Waals surface area contributed by atoms with Gasteiger partial charge in [-0.15, -0.1) is 0 Å². The molecule has 3 aromatic heterocycles. The van der Waals surface area contributed by atoms with Crippen LogP contribution in [0.3, 0.4) is 0 Å². The minimum absolute atomic E-state index is 0.249. The molecule has 11 rings (SSSR count). The van der Waals surface area contributed by atoms with Crippen molar-refractivity contribution in [1.82, 2.24) is 30.0 Å². The lowest BCUT2D eigenvalue weighted by molar-refractivity contribution is 0.193. The van der Waals surface area contributed by atoms with Gasteiger partial charge in [0, 0.05) is 97.6 Å². The molecule has 2 saturated heterocycles. The summed E-state index contributed by atoms with van der Waals surface area (Å²) in [5.41, 5.74) is 17.7. The Balaban J connectivity index is 0.000000183. The van der Waals surface area contributed by atoms with Gasteiger partial charge in [-0.3, -0.25) is 9.58 Å². The minimum Gasteiger partial charge on any atom is -0.369 e. The van der Waals surface area contributed by atoms with Crippen molar-refractivity contribution in [3.63, 3.8) is 0 Å². The van der Waals surface area contributed by atoms with Crippen LogP contribution in [0, 0.1) is 12.8 Å². The Kier molecular flexibility index (Phi) is 14.8. The van der Waals surface area contributed by atoms with Gasteiger partial charge in [-0.25, -0.2) is 9.97 Å². The molecular weight excluding hydrogens is 903 g/mol. The Morgan fingerprint density at radius 2 is 1.67 bits per heavy atom. The van der Waals surface area contributed by atoms with Gasteiger partial charge in [-0.05, 0) is 128 Å². The van der Waals surface area contributed by atoms with Crippen molar-refractivity contribution in [2.45, 2.75) is 103 Å². The van der Waals surface area contributed by atoms with E-state index in [2.05, 4.69) is 158 Å². The number of pyridine rings is 1. The van der Waals surface area contributed by atoms with E-state index in [1.54, 1.807) is 11.3 Å². The Bertz CT molecular complexity index is 3090. The quantitative estimate of drug-likeness (QED) is 0.125. The Labute approximate surface area is 432 Å². The highest BCUT2D eigenvalue weighted by atomic mass is 32.1. The molecule has 3 aliphatic heterocycles. The molecule has 3 fully saturated rings. The van der Waals surface area contributed by atoms with E-state index in [4.69, 9.17) is 15.1 Å². The zero-order valence-electron chi connectivity index (χ0n) is 43.2. The van der Waals surface area contributed by atoms with Crippen LogP contribution >= 0.6 is 11.3 Å². The van der Waals surface area contributed by atoms with Crippen molar-refractivity contribution in [1.29, 1.82) is 0 Å². The Hall–Kier alpha value is -6.49. The lowest BCUT2D eigenvalue weighted by Gasteiger charge is -2.39. The fourth-order valence-electron chi connectivity index (χ4n) is 11.7. The number of hydrogen-bond donors (Lipinski definition) is 2. The zero-order valence-corrected chi connectivity index (χ0v) is 44.0. The summed E-state index contributed by atoms with van der Waals surface area (Å²) >= 11 is 1.66. The summed E-state index contributed by atoms with van der Waals surface area (Å²) in [6, 6.07) is 33.5. The second kappa shape index (κ2) is 21.7. The summed E-state index contributed by atoms with van der Waals surface area (Å²) in [5, 5.41) is 13.8. The van der Waals surface area contributed by atoms with Crippen LogP contribution in [0.2, 0.25) is 0 Å². The van der Waals surface area contributed by atoms with E-state index in [0.29, 0.717) is 6.04 Å². The van der Waals surface area contributed by atoms with E-state index in [-0.39, 0.29) is 5.92 Å². The number of thiazole rings is 1. The van der Waals surface area contributed by atoms with Crippen LogP contribution in [-0.2, 0) is 26.4 Å². The molecule has 4 aromatic carbocycles. The standard InChI is InChI=1S/C39H40N4S.C23H33N5/c1-4-35-33(31-16-11-15-30(26(31)2)24-28-12-6-5-7-13-28)20-21-38(41-35)43-23-22-29-14-10-17-32(34(29)25-43)27(3)40-39-42-36-18-8-9-19-37(36)44-39;1-6-17(3)27-11-13-28(14-12-27)19-8-10-21-22(15-19)26(5)25-23(21)20-9-7-16(2)24-18(20)4/h4,8-11,14-21,28H,1,3,5-7,12-13,22-25H2,2H3,(H,40,42);8,10,15,17,20,24H,2,4,6-7,9,11-14H2,1,3,5H3. The first-order valence-electron chi connectivity index (χ1n) is 26.5. The van der Waals surface area contributed by atoms with Crippen molar-refractivity contribution in [3.05, 3.63) is 168 Å². The van der Waals surface area contributed by atoms with Gasteiger partial charge in [0.1, 0.15) is 5.82 Å². The number of rotatable bonds is 12. The molecule has 1 aliphatic carbocycles. The number of hydrogen-bond acceptors (Lipinski definition) is 9. The summed E-state index contributed by atoms with van der Waals surface area (Å²) in [6.45, 7) is 29.9. The van der Waals surface area contributed by atoms with Crippen LogP contribution in [0.25, 0.3) is 44.0 Å². The molecule has 4 aliphatic rings. The molecule has 6 heterocycles. The maximum absolute atomic E-state index is 5.18. The minimum atomic E-state index is 0.249. The summed E-state index contributed by atoms with van der Waals surface area (Å²) in [5.74, 6) is 2.06. The monoisotopic (exact) mass is 976 g/mol. The van der Waals surface area contributed by atoms with Gasteiger partial charge in [0.2, 0.25) is 0 Å². The largest absolute Gasteiger partial charge is 0.369 e. The molecule has 0 amide bonds. The molecule has 2 N–H and O–H groups in total. The number of aryl methyl sites for hydroxylation is 1. The van der Waals surface area contributed by atoms with Gasteiger partial charge in [-0.1, -0.05) is 125 Å². The number of benzene rings is 4. The molecule has 372 valence electrons. The molecule has 9 nitrogen and oxygen atoms in total. The zero-order chi connectivity index (χ0) is 49.9. The average Bonchev–Trinajstić information content (AvgIpc) is 3.98. The van der Waals surface area contributed by atoms with Gasteiger partial charge >= 0.3 is 0 Å². The van der Waals surface area contributed by atoms with Gasteiger partial charge < -0.3 is 20.4 Å². The van der Waals surface area contributed by atoms with Crippen molar-refractivity contribution in [3.8, 4) is 11.1 Å². The Morgan fingerprint density at radius 3 is 2.44 bits per heavy atom. The van der Waals surface area contributed by atoms with E-state index in [0.717, 1.165) is 115 Å². The predicted molar refractivity (Wildman–Crippen MR) is 306 cm³/mol. The summed E-state index contributed by atoms with van der Waals surface area (Å²) in [4.78, 5) is 17.4. The van der Waals surface area contributed by atoms with E-state index in [1.165, 1.54) is 99.6 Å². The number of anilines is 3. The third kappa shape index (κ3) is 10.4. The van der Waals surface area contributed by atoms with E-state index < -0.39 is 0 Å². The first-order chi connectivity index (χ1) is 35.0. The van der Waals surface area contributed by atoms with Crippen LogP contribution in [0.1, 0.15) is 110 Å². The number of aromatic nitrogens is 4. The van der Waals surface area contributed by atoms with E-state index in [9.17, 15) is 0 Å². The predicted octanol–water partition coefficient (Wildman–Crippen LogP) is 14.1. The van der Waals surface area contributed by atoms with Gasteiger partial charge in [-0.2, -0.15) is 5.10 Å². The molecule has 0 bridgehead atoms.